The van der Waals surface area contributed by atoms with Gasteiger partial charge in [0.15, 0.2) is 0 Å². The number of hydrogen-bond donors (Lipinski definition) is 2. The highest BCUT2D eigenvalue weighted by Crippen LogP contribution is 2.23. The van der Waals surface area contributed by atoms with Crippen LogP contribution >= 0.6 is 0 Å². The molecule has 1 aliphatic heterocycles. The van der Waals surface area contributed by atoms with Gasteiger partial charge in [0.2, 0.25) is 0 Å². The van der Waals surface area contributed by atoms with Crippen molar-refractivity contribution in [2.24, 2.45) is 0 Å². The molecule has 1 aromatic rings. The van der Waals surface area contributed by atoms with Gasteiger partial charge >= 0.3 is 5.97 Å². The molecule has 0 saturated carbocycles. The first kappa shape index (κ1) is 13.1. The van der Waals surface area contributed by atoms with Crippen molar-refractivity contribution in [2.75, 3.05) is 13.1 Å². The fourth-order valence-corrected chi connectivity index (χ4v) is 2.57. The van der Waals surface area contributed by atoms with E-state index in [-0.39, 0.29) is 12.5 Å². The molecule has 0 radical (unpaired) electrons. The maximum Gasteiger partial charge on any atom is 0.304 e. The second-order valence-corrected chi connectivity index (χ2v) is 4.82. The molecule has 1 saturated heterocycles. The Morgan fingerprint density at radius 3 is 2.78 bits per heavy atom. The zero-order chi connectivity index (χ0) is 13.0. The number of benzene rings is 1. The Bertz CT molecular complexity index is 393. The minimum absolute atomic E-state index is 0.0702. The molecule has 2 unspecified atom stereocenters. The highest BCUT2D eigenvalue weighted by molar-refractivity contribution is 5.67. The average molecular weight is 249 g/mol. The number of aliphatic carboxylic acids is 1. The summed E-state index contributed by atoms with van der Waals surface area (Å²) in [7, 11) is 0. The van der Waals surface area contributed by atoms with Crippen LogP contribution in [0.1, 0.15) is 30.9 Å². The largest absolute Gasteiger partial charge is 0.481 e. The van der Waals surface area contributed by atoms with E-state index in [1.807, 2.05) is 30.3 Å². The van der Waals surface area contributed by atoms with Gasteiger partial charge in [-0.2, -0.15) is 0 Å². The molecular formula is C14H19NO3. The van der Waals surface area contributed by atoms with Gasteiger partial charge in [0.05, 0.1) is 12.5 Å². The third-order valence-corrected chi connectivity index (χ3v) is 3.50. The van der Waals surface area contributed by atoms with Gasteiger partial charge in [-0.05, 0) is 24.9 Å². The summed E-state index contributed by atoms with van der Waals surface area (Å²) in [4.78, 5) is 12.9. The number of rotatable bonds is 5. The molecular weight excluding hydrogens is 230 g/mol. The fourth-order valence-electron chi connectivity index (χ4n) is 2.57. The van der Waals surface area contributed by atoms with Crippen LogP contribution in [0.15, 0.2) is 30.3 Å². The Kier molecular flexibility index (Phi) is 4.33. The van der Waals surface area contributed by atoms with E-state index in [4.69, 9.17) is 5.11 Å². The molecule has 0 amide bonds. The van der Waals surface area contributed by atoms with Crippen LogP contribution in [0.3, 0.4) is 0 Å². The lowest BCUT2D eigenvalue weighted by molar-refractivity contribution is -0.138. The Labute approximate surface area is 107 Å². The summed E-state index contributed by atoms with van der Waals surface area (Å²) in [5.41, 5.74) is 0.887. The molecule has 2 rings (SSSR count). The zero-order valence-corrected chi connectivity index (χ0v) is 10.3. The number of carboxylic acids is 1. The van der Waals surface area contributed by atoms with Crippen molar-refractivity contribution in [1.82, 2.24) is 4.90 Å². The predicted octanol–water partition coefficient (Wildman–Crippen LogP) is 1.66. The number of nitrogens with zero attached hydrogens (tertiary/aromatic N) is 1. The molecule has 1 aromatic carbocycles. The summed E-state index contributed by atoms with van der Waals surface area (Å²) in [5.74, 6) is -0.763. The Balaban J connectivity index is 1.94. The zero-order valence-electron chi connectivity index (χ0n) is 10.3. The summed E-state index contributed by atoms with van der Waals surface area (Å²) < 4.78 is 0. The first-order chi connectivity index (χ1) is 8.66. The first-order valence-electron chi connectivity index (χ1n) is 6.35. The van der Waals surface area contributed by atoms with Crippen molar-refractivity contribution in [3.8, 4) is 0 Å². The van der Waals surface area contributed by atoms with E-state index in [2.05, 4.69) is 4.90 Å². The Morgan fingerprint density at radius 2 is 2.11 bits per heavy atom. The Morgan fingerprint density at radius 1 is 1.39 bits per heavy atom. The van der Waals surface area contributed by atoms with Crippen molar-refractivity contribution >= 4 is 5.97 Å². The monoisotopic (exact) mass is 249 g/mol. The maximum absolute atomic E-state index is 10.8. The second kappa shape index (κ2) is 5.98. The maximum atomic E-state index is 10.8. The lowest BCUT2D eigenvalue weighted by Crippen LogP contribution is -2.34. The molecule has 4 nitrogen and oxygen atoms in total. The minimum Gasteiger partial charge on any atom is -0.481 e. The van der Waals surface area contributed by atoms with Crippen LogP contribution in [0, 0.1) is 0 Å². The average Bonchev–Trinajstić information content (AvgIpc) is 2.77. The topological polar surface area (TPSA) is 60.8 Å². The minimum atomic E-state index is -0.763. The molecule has 98 valence electrons. The van der Waals surface area contributed by atoms with Gasteiger partial charge in [0, 0.05) is 12.6 Å². The number of aliphatic hydroxyl groups excluding tert-OH is 1. The van der Waals surface area contributed by atoms with E-state index in [1.165, 1.54) is 0 Å². The summed E-state index contributed by atoms with van der Waals surface area (Å²) in [6.45, 7) is 1.39. The molecule has 2 N–H and O–H groups in total. The molecule has 4 heteroatoms. The summed E-state index contributed by atoms with van der Waals surface area (Å²) >= 11 is 0. The fraction of sp³-hybridized carbons (Fsp3) is 0.500. The summed E-state index contributed by atoms with van der Waals surface area (Å²) in [5, 5.41) is 19.0. The SMILES string of the molecule is O=C(O)CC1CCCN1CC(O)c1ccccc1. The van der Waals surface area contributed by atoms with Gasteiger partial charge in [-0.15, -0.1) is 0 Å². The van der Waals surface area contributed by atoms with Crippen LogP contribution in [-0.4, -0.2) is 40.2 Å². The second-order valence-electron chi connectivity index (χ2n) is 4.82. The number of β-amino-alcohol motifs (C(OH)–C–C–N with tert-alkyl or cyclic N) is 1. The molecule has 1 aliphatic rings. The molecule has 0 bridgehead atoms. The van der Waals surface area contributed by atoms with Gasteiger partial charge in [-0.3, -0.25) is 9.69 Å². The van der Waals surface area contributed by atoms with E-state index in [0.29, 0.717) is 6.54 Å². The number of aliphatic hydroxyl groups is 1. The third kappa shape index (κ3) is 3.31. The summed E-state index contributed by atoms with van der Waals surface area (Å²) in [6.07, 6.45) is 1.55. The van der Waals surface area contributed by atoms with Gasteiger partial charge < -0.3 is 10.2 Å². The summed E-state index contributed by atoms with van der Waals surface area (Å²) in [6, 6.07) is 9.58. The number of carbonyl (C=O) groups is 1. The number of hydrogen-bond acceptors (Lipinski definition) is 3. The van der Waals surface area contributed by atoms with E-state index in [9.17, 15) is 9.90 Å². The third-order valence-electron chi connectivity index (χ3n) is 3.50. The normalized spacial score (nSPS) is 21.9. The molecule has 1 fully saturated rings. The first-order valence-corrected chi connectivity index (χ1v) is 6.35. The molecule has 0 aliphatic carbocycles. The van der Waals surface area contributed by atoms with Crippen molar-refractivity contribution in [3.63, 3.8) is 0 Å². The van der Waals surface area contributed by atoms with Crippen LogP contribution in [0.25, 0.3) is 0 Å². The number of likely N-dealkylation sites (tertiary alicyclic amines) is 1. The molecule has 1 heterocycles. The van der Waals surface area contributed by atoms with Gasteiger partial charge in [-0.1, -0.05) is 30.3 Å². The molecule has 0 aromatic heterocycles. The highest BCUT2D eigenvalue weighted by atomic mass is 16.4. The Hall–Kier alpha value is -1.39. The highest BCUT2D eigenvalue weighted by Gasteiger charge is 2.28. The van der Waals surface area contributed by atoms with E-state index in [1.54, 1.807) is 0 Å². The molecule has 0 spiro atoms. The van der Waals surface area contributed by atoms with Crippen LogP contribution in [0.5, 0.6) is 0 Å². The van der Waals surface area contributed by atoms with Crippen LogP contribution in [0.2, 0.25) is 0 Å². The van der Waals surface area contributed by atoms with Gasteiger partial charge in [-0.25, -0.2) is 0 Å². The van der Waals surface area contributed by atoms with Crippen molar-refractivity contribution < 1.29 is 15.0 Å². The van der Waals surface area contributed by atoms with Crippen LogP contribution in [-0.2, 0) is 4.79 Å². The lowest BCUT2D eigenvalue weighted by Gasteiger charge is -2.25. The van der Waals surface area contributed by atoms with Crippen LogP contribution < -0.4 is 0 Å². The van der Waals surface area contributed by atoms with Crippen molar-refractivity contribution in [3.05, 3.63) is 35.9 Å². The molecule has 18 heavy (non-hydrogen) atoms. The smallest absolute Gasteiger partial charge is 0.304 e. The quantitative estimate of drug-likeness (QED) is 0.833. The van der Waals surface area contributed by atoms with Crippen LogP contribution in [0.4, 0.5) is 0 Å². The number of carboxylic acid groups (broad SMARTS) is 1. The van der Waals surface area contributed by atoms with E-state index in [0.717, 1.165) is 24.9 Å². The lowest BCUT2D eigenvalue weighted by atomic mass is 10.1. The van der Waals surface area contributed by atoms with Gasteiger partial charge in [0.25, 0.3) is 0 Å². The van der Waals surface area contributed by atoms with E-state index >= 15 is 0 Å². The van der Waals surface area contributed by atoms with Gasteiger partial charge in [0.1, 0.15) is 0 Å². The van der Waals surface area contributed by atoms with Crippen molar-refractivity contribution in [1.29, 1.82) is 0 Å². The van der Waals surface area contributed by atoms with Crippen molar-refractivity contribution in [2.45, 2.75) is 31.4 Å². The standard InChI is InChI=1S/C14H19NO3/c16-13(11-5-2-1-3-6-11)10-15-8-4-7-12(15)9-14(17)18/h1-3,5-6,12-13,16H,4,7-10H2,(H,17,18). The predicted molar refractivity (Wildman–Crippen MR) is 68.2 cm³/mol. The van der Waals surface area contributed by atoms with E-state index < -0.39 is 12.1 Å². The molecule has 2 atom stereocenters.